The molecule has 1 aliphatic rings. The van der Waals surface area contributed by atoms with E-state index in [9.17, 15) is 9.59 Å². The predicted molar refractivity (Wildman–Crippen MR) is 88.1 cm³/mol. The fourth-order valence-electron chi connectivity index (χ4n) is 2.95. The molecule has 0 bridgehead atoms. The van der Waals surface area contributed by atoms with Gasteiger partial charge in [-0.25, -0.2) is 0 Å². The Morgan fingerprint density at radius 2 is 1.95 bits per heavy atom. The molecule has 1 saturated heterocycles. The number of nitrogens with one attached hydrogen (secondary N) is 1. The van der Waals surface area contributed by atoms with Crippen LogP contribution in [0.15, 0.2) is 18.2 Å². The van der Waals surface area contributed by atoms with Crippen LogP contribution in [0.3, 0.4) is 0 Å². The predicted octanol–water partition coefficient (Wildman–Crippen LogP) is 2.48. The van der Waals surface area contributed by atoms with Crippen LogP contribution in [0.4, 0.5) is 0 Å². The molecule has 4 nitrogen and oxygen atoms in total. The number of aryl methyl sites for hydroxylation is 2. The summed E-state index contributed by atoms with van der Waals surface area (Å²) in [5.74, 6) is 0.366. The number of ketones is 1. The molecule has 1 aliphatic heterocycles. The van der Waals surface area contributed by atoms with Crippen molar-refractivity contribution in [1.82, 2.24) is 10.2 Å². The maximum Gasteiger partial charge on any atom is 0.251 e. The molecule has 0 spiro atoms. The Hall–Kier alpha value is -1.68. The van der Waals surface area contributed by atoms with E-state index in [1.807, 2.05) is 32.0 Å². The van der Waals surface area contributed by atoms with Gasteiger partial charge in [0.2, 0.25) is 0 Å². The fraction of sp³-hybridized carbons (Fsp3) is 0.556. The summed E-state index contributed by atoms with van der Waals surface area (Å²) in [7, 11) is 0. The molecular weight excluding hydrogens is 276 g/mol. The first-order valence-electron chi connectivity index (χ1n) is 8.08. The highest BCUT2D eigenvalue weighted by molar-refractivity contribution is 5.95. The van der Waals surface area contributed by atoms with Gasteiger partial charge >= 0.3 is 0 Å². The van der Waals surface area contributed by atoms with Crippen LogP contribution in [-0.4, -0.2) is 42.3 Å². The van der Waals surface area contributed by atoms with Crippen molar-refractivity contribution >= 4 is 11.7 Å². The second kappa shape index (κ2) is 7.54. The average Bonchev–Trinajstić information content (AvgIpc) is 2.47. The molecule has 1 fully saturated rings. The molecule has 1 N–H and O–H groups in total. The van der Waals surface area contributed by atoms with Gasteiger partial charge in [-0.15, -0.1) is 0 Å². The van der Waals surface area contributed by atoms with Crippen LogP contribution in [-0.2, 0) is 4.79 Å². The van der Waals surface area contributed by atoms with Crippen molar-refractivity contribution in [3.05, 3.63) is 34.9 Å². The van der Waals surface area contributed by atoms with Gasteiger partial charge in [-0.1, -0.05) is 17.7 Å². The largest absolute Gasteiger partial charge is 0.352 e. The van der Waals surface area contributed by atoms with Gasteiger partial charge < -0.3 is 5.32 Å². The number of amides is 1. The van der Waals surface area contributed by atoms with Gasteiger partial charge in [0.1, 0.15) is 5.78 Å². The minimum atomic E-state index is -0.00137. The number of rotatable bonds is 5. The van der Waals surface area contributed by atoms with Gasteiger partial charge in [0.05, 0.1) is 0 Å². The topological polar surface area (TPSA) is 49.4 Å². The minimum absolute atomic E-state index is 0.00137. The number of Topliss-reactive ketones (excluding diaryl/α,β-unsaturated/α-hetero) is 1. The Bertz CT molecular complexity index is 544. The van der Waals surface area contributed by atoms with Gasteiger partial charge in [-0.2, -0.15) is 0 Å². The molecule has 1 atom stereocenters. The first-order chi connectivity index (χ1) is 10.5. The van der Waals surface area contributed by atoms with Crippen molar-refractivity contribution < 1.29 is 9.59 Å². The normalized spacial score (nSPS) is 17.3. The lowest BCUT2D eigenvalue weighted by molar-refractivity contribution is -0.121. The van der Waals surface area contributed by atoms with Crippen molar-refractivity contribution in [3.63, 3.8) is 0 Å². The van der Waals surface area contributed by atoms with Crippen molar-refractivity contribution in [2.75, 3.05) is 19.6 Å². The number of carbonyl (C=O) groups excluding carboxylic acids is 2. The summed E-state index contributed by atoms with van der Waals surface area (Å²) in [5.41, 5.74) is 2.93. The summed E-state index contributed by atoms with van der Waals surface area (Å²) < 4.78 is 0. The molecule has 22 heavy (non-hydrogen) atoms. The highest BCUT2D eigenvalue weighted by Gasteiger charge is 2.20. The van der Waals surface area contributed by atoms with E-state index in [0.29, 0.717) is 31.2 Å². The standard InChI is InChI=1S/C18H26N2O2/c1-13-4-5-17(14(2)12-13)18(22)19-9-6-15(3)20-10-7-16(21)8-11-20/h4-5,12,15H,6-11H2,1-3H3,(H,19,22). The van der Waals surface area contributed by atoms with E-state index in [-0.39, 0.29) is 5.91 Å². The molecular formula is C18H26N2O2. The van der Waals surface area contributed by atoms with Crippen LogP contribution < -0.4 is 5.32 Å². The third-order valence-corrected chi connectivity index (χ3v) is 4.45. The molecule has 1 unspecified atom stereocenters. The molecule has 0 aromatic heterocycles. The Kier molecular flexibility index (Phi) is 5.72. The van der Waals surface area contributed by atoms with Gasteiger partial charge in [0.25, 0.3) is 5.91 Å². The molecule has 120 valence electrons. The van der Waals surface area contributed by atoms with Crippen molar-refractivity contribution in [3.8, 4) is 0 Å². The molecule has 1 amide bonds. The highest BCUT2D eigenvalue weighted by Crippen LogP contribution is 2.12. The molecule has 1 aromatic carbocycles. The molecule has 2 rings (SSSR count). The lowest BCUT2D eigenvalue weighted by Gasteiger charge is -2.31. The lowest BCUT2D eigenvalue weighted by atomic mass is 10.0. The van der Waals surface area contributed by atoms with Crippen LogP contribution in [0.1, 0.15) is 47.7 Å². The fourth-order valence-corrected chi connectivity index (χ4v) is 2.95. The molecule has 1 heterocycles. The third-order valence-electron chi connectivity index (χ3n) is 4.45. The SMILES string of the molecule is Cc1ccc(C(=O)NCCC(C)N2CCC(=O)CC2)c(C)c1. The van der Waals surface area contributed by atoms with Gasteiger partial charge in [-0.05, 0) is 38.8 Å². The van der Waals surface area contributed by atoms with Gasteiger partial charge in [-0.3, -0.25) is 14.5 Å². The zero-order chi connectivity index (χ0) is 16.1. The van der Waals surface area contributed by atoms with E-state index >= 15 is 0 Å². The maximum absolute atomic E-state index is 12.2. The Balaban J connectivity index is 1.78. The average molecular weight is 302 g/mol. The molecule has 1 aromatic rings. The monoisotopic (exact) mass is 302 g/mol. The van der Waals surface area contributed by atoms with Crippen molar-refractivity contribution in [2.45, 2.75) is 46.1 Å². The molecule has 0 radical (unpaired) electrons. The Morgan fingerprint density at radius 3 is 2.59 bits per heavy atom. The smallest absolute Gasteiger partial charge is 0.251 e. The summed E-state index contributed by atoms with van der Waals surface area (Å²) in [6.07, 6.45) is 2.24. The quantitative estimate of drug-likeness (QED) is 0.909. The second-order valence-corrected chi connectivity index (χ2v) is 6.29. The van der Waals surface area contributed by atoms with Crippen LogP contribution in [0.25, 0.3) is 0 Å². The zero-order valence-electron chi connectivity index (χ0n) is 13.8. The number of hydrogen-bond donors (Lipinski definition) is 1. The molecule has 0 saturated carbocycles. The number of hydrogen-bond acceptors (Lipinski definition) is 3. The number of benzene rings is 1. The zero-order valence-corrected chi connectivity index (χ0v) is 13.8. The lowest BCUT2D eigenvalue weighted by Crippen LogP contribution is -2.41. The van der Waals surface area contributed by atoms with E-state index in [1.54, 1.807) is 0 Å². The number of likely N-dealkylation sites (tertiary alicyclic amines) is 1. The number of nitrogens with zero attached hydrogens (tertiary/aromatic N) is 1. The van der Waals surface area contributed by atoms with Crippen molar-refractivity contribution in [2.24, 2.45) is 0 Å². The van der Waals surface area contributed by atoms with Crippen LogP contribution in [0, 0.1) is 13.8 Å². The number of carbonyl (C=O) groups is 2. The van der Waals surface area contributed by atoms with Gasteiger partial charge in [0, 0.05) is 44.1 Å². The highest BCUT2D eigenvalue weighted by atomic mass is 16.1. The van der Waals surface area contributed by atoms with E-state index in [2.05, 4.69) is 17.1 Å². The van der Waals surface area contributed by atoms with Crippen LogP contribution >= 0.6 is 0 Å². The van der Waals surface area contributed by atoms with Crippen molar-refractivity contribution in [1.29, 1.82) is 0 Å². The van der Waals surface area contributed by atoms with E-state index < -0.39 is 0 Å². The van der Waals surface area contributed by atoms with E-state index in [0.717, 1.165) is 30.6 Å². The van der Waals surface area contributed by atoms with Crippen LogP contribution in [0.2, 0.25) is 0 Å². The minimum Gasteiger partial charge on any atom is -0.352 e. The van der Waals surface area contributed by atoms with Crippen LogP contribution in [0.5, 0.6) is 0 Å². The molecule has 0 aliphatic carbocycles. The molecule has 4 heteroatoms. The Morgan fingerprint density at radius 1 is 1.27 bits per heavy atom. The summed E-state index contributed by atoms with van der Waals surface area (Å²) in [4.78, 5) is 25.8. The van der Waals surface area contributed by atoms with E-state index in [4.69, 9.17) is 0 Å². The Labute approximate surface area is 132 Å². The summed E-state index contributed by atoms with van der Waals surface area (Å²) in [6.45, 7) is 8.53. The number of piperidine rings is 1. The first kappa shape index (κ1) is 16.7. The summed E-state index contributed by atoms with van der Waals surface area (Å²) in [5, 5.41) is 3.01. The third kappa shape index (κ3) is 4.41. The summed E-state index contributed by atoms with van der Waals surface area (Å²) in [6, 6.07) is 6.28. The maximum atomic E-state index is 12.2. The second-order valence-electron chi connectivity index (χ2n) is 6.29. The van der Waals surface area contributed by atoms with Gasteiger partial charge in [0.15, 0.2) is 0 Å². The summed E-state index contributed by atoms with van der Waals surface area (Å²) >= 11 is 0. The van der Waals surface area contributed by atoms with E-state index in [1.165, 1.54) is 5.56 Å². The first-order valence-corrected chi connectivity index (χ1v) is 8.08.